The fourth-order valence-electron chi connectivity index (χ4n) is 1.74. The SMILES string of the molecule is N=C(N)NC(=N)N(c1ccccc1)c1ccccc1. The van der Waals surface area contributed by atoms with Gasteiger partial charge in [-0.25, -0.2) is 0 Å². The maximum atomic E-state index is 8.05. The molecule has 2 aromatic carbocycles. The van der Waals surface area contributed by atoms with Crippen molar-refractivity contribution in [1.29, 1.82) is 10.8 Å². The minimum atomic E-state index is -0.262. The molecule has 0 atom stereocenters. The number of guanidine groups is 2. The predicted molar refractivity (Wildman–Crippen MR) is 77.8 cm³/mol. The van der Waals surface area contributed by atoms with E-state index in [0.717, 1.165) is 11.4 Å². The summed E-state index contributed by atoms with van der Waals surface area (Å²) in [5.74, 6) is -0.230. The number of nitrogens with zero attached hydrogens (tertiary/aromatic N) is 1. The first-order chi connectivity index (χ1) is 9.18. The highest BCUT2D eigenvalue weighted by Gasteiger charge is 2.14. The zero-order chi connectivity index (χ0) is 13.7. The van der Waals surface area contributed by atoms with Crippen LogP contribution in [0.4, 0.5) is 11.4 Å². The van der Waals surface area contributed by atoms with Gasteiger partial charge in [0.2, 0.25) is 5.96 Å². The van der Waals surface area contributed by atoms with Crippen molar-refractivity contribution >= 4 is 23.3 Å². The Morgan fingerprint density at radius 2 is 1.26 bits per heavy atom. The Morgan fingerprint density at radius 1 is 0.842 bits per heavy atom. The van der Waals surface area contributed by atoms with Crippen molar-refractivity contribution in [2.24, 2.45) is 5.73 Å². The molecule has 0 aromatic heterocycles. The van der Waals surface area contributed by atoms with E-state index in [1.807, 2.05) is 60.7 Å². The molecule has 0 aliphatic rings. The topological polar surface area (TPSA) is 89.0 Å². The summed E-state index contributed by atoms with van der Waals surface area (Å²) in [5, 5.41) is 17.8. The van der Waals surface area contributed by atoms with Gasteiger partial charge in [-0.2, -0.15) is 0 Å². The first-order valence-electron chi connectivity index (χ1n) is 5.78. The number of rotatable bonds is 2. The van der Waals surface area contributed by atoms with E-state index in [2.05, 4.69) is 5.32 Å². The van der Waals surface area contributed by atoms with Gasteiger partial charge in [0.1, 0.15) is 0 Å². The maximum absolute atomic E-state index is 8.05. The average Bonchev–Trinajstić information content (AvgIpc) is 2.40. The van der Waals surface area contributed by atoms with Gasteiger partial charge in [-0.3, -0.25) is 21.0 Å². The average molecular weight is 253 g/mol. The monoisotopic (exact) mass is 253 g/mol. The molecule has 0 heterocycles. The number of hydrogen-bond acceptors (Lipinski definition) is 2. The molecular formula is C14H15N5. The predicted octanol–water partition coefficient (Wildman–Crippen LogP) is 2.24. The van der Waals surface area contributed by atoms with Gasteiger partial charge in [0.15, 0.2) is 5.96 Å². The molecule has 0 amide bonds. The minimum absolute atomic E-state index is 0.0323. The molecule has 5 N–H and O–H groups in total. The summed E-state index contributed by atoms with van der Waals surface area (Å²) in [5.41, 5.74) is 6.94. The van der Waals surface area contributed by atoms with E-state index in [1.165, 1.54) is 0 Å². The van der Waals surface area contributed by atoms with Crippen LogP contribution in [0.2, 0.25) is 0 Å². The summed E-state index contributed by atoms with van der Waals surface area (Å²) < 4.78 is 0. The van der Waals surface area contributed by atoms with Crippen LogP contribution >= 0.6 is 0 Å². The standard InChI is InChI=1S/C14H15N5/c15-13(16)18-14(17)19(11-7-3-1-4-8-11)12-9-5-2-6-10-12/h1-10H,(H5,15,16,17,18). The van der Waals surface area contributed by atoms with Gasteiger partial charge in [0, 0.05) is 11.4 Å². The Kier molecular flexibility index (Phi) is 3.78. The summed E-state index contributed by atoms with van der Waals surface area (Å²) in [4.78, 5) is 1.68. The molecule has 0 spiro atoms. The van der Waals surface area contributed by atoms with Crippen molar-refractivity contribution in [2.75, 3.05) is 4.90 Å². The maximum Gasteiger partial charge on any atom is 0.207 e. The van der Waals surface area contributed by atoms with Crippen LogP contribution in [0.1, 0.15) is 0 Å². The molecule has 5 nitrogen and oxygen atoms in total. The van der Waals surface area contributed by atoms with Gasteiger partial charge < -0.3 is 5.73 Å². The lowest BCUT2D eigenvalue weighted by Gasteiger charge is -2.25. The van der Waals surface area contributed by atoms with Crippen LogP contribution < -0.4 is 16.0 Å². The quantitative estimate of drug-likeness (QED) is 0.489. The lowest BCUT2D eigenvalue weighted by Crippen LogP contribution is -2.44. The third kappa shape index (κ3) is 3.10. The largest absolute Gasteiger partial charge is 0.370 e. The highest BCUT2D eigenvalue weighted by atomic mass is 15.3. The van der Waals surface area contributed by atoms with Gasteiger partial charge in [-0.1, -0.05) is 36.4 Å². The summed E-state index contributed by atoms with van der Waals surface area (Å²) in [6.07, 6.45) is 0. The molecule has 0 saturated carbocycles. The number of para-hydroxylation sites is 2. The van der Waals surface area contributed by atoms with Crippen LogP contribution in [0, 0.1) is 10.8 Å². The van der Waals surface area contributed by atoms with Gasteiger partial charge in [-0.05, 0) is 24.3 Å². The minimum Gasteiger partial charge on any atom is -0.370 e. The van der Waals surface area contributed by atoms with Crippen LogP contribution in [0.5, 0.6) is 0 Å². The van der Waals surface area contributed by atoms with E-state index in [0.29, 0.717) is 0 Å². The summed E-state index contributed by atoms with van der Waals surface area (Å²) >= 11 is 0. The van der Waals surface area contributed by atoms with Crippen LogP contribution in [0.25, 0.3) is 0 Å². The molecule has 19 heavy (non-hydrogen) atoms. The fourth-order valence-corrected chi connectivity index (χ4v) is 1.74. The molecular weight excluding hydrogens is 238 g/mol. The molecule has 0 aliphatic carbocycles. The lowest BCUT2D eigenvalue weighted by atomic mass is 10.2. The third-order valence-electron chi connectivity index (χ3n) is 2.51. The van der Waals surface area contributed by atoms with Crippen molar-refractivity contribution in [3.8, 4) is 0 Å². The number of nitrogens with one attached hydrogen (secondary N) is 3. The van der Waals surface area contributed by atoms with E-state index in [9.17, 15) is 0 Å². The Labute approximate surface area is 111 Å². The molecule has 0 radical (unpaired) electrons. The van der Waals surface area contributed by atoms with Crippen LogP contribution in [0.15, 0.2) is 60.7 Å². The molecule has 2 aromatic rings. The zero-order valence-corrected chi connectivity index (χ0v) is 10.3. The van der Waals surface area contributed by atoms with E-state index in [-0.39, 0.29) is 11.9 Å². The second-order valence-corrected chi connectivity index (χ2v) is 3.89. The van der Waals surface area contributed by atoms with Gasteiger partial charge in [0.25, 0.3) is 0 Å². The second kappa shape index (κ2) is 5.68. The fraction of sp³-hybridized carbons (Fsp3) is 0. The zero-order valence-electron chi connectivity index (χ0n) is 10.3. The smallest absolute Gasteiger partial charge is 0.207 e. The molecule has 5 heteroatoms. The molecule has 0 unspecified atom stereocenters. The van der Waals surface area contributed by atoms with Gasteiger partial charge >= 0.3 is 0 Å². The Bertz CT molecular complexity index is 525. The van der Waals surface area contributed by atoms with Crippen LogP contribution in [-0.4, -0.2) is 11.9 Å². The summed E-state index contributed by atoms with van der Waals surface area (Å²) in [6, 6.07) is 19.0. The van der Waals surface area contributed by atoms with Gasteiger partial charge in [0.05, 0.1) is 0 Å². The van der Waals surface area contributed by atoms with Crippen molar-refractivity contribution in [3.05, 3.63) is 60.7 Å². The number of nitrogens with two attached hydrogens (primary N) is 1. The molecule has 2 rings (SSSR count). The van der Waals surface area contributed by atoms with E-state index >= 15 is 0 Å². The van der Waals surface area contributed by atoms with Crippen molar-refractivity contribution < 1.29 is 0 Å². The van der Waals surface area contributed by atoms with E-state index < -0.39 is 0 Å². The van der Waals surface area contributed by atoms with Crippen molar-refractivity contribution in [3.63, 3.8) is 0 Å². The van der Waals surface area contributed by atoms with Crippen molar-refractivity contribution in [2.45, 2.75) is 0 Å². The first kappa shape index (κ1) is 12.6. The highest BCUT2D eigenvalue weighted by Crippen LogP contribution is 2.24. The molecule has 0 aliphatic heterocycles. The first-order valence-corrected chi connectivity index (χ1v) is 5.78. The summed E-state index contributed by atoms with van der Waals surface area (Å²) in [7, 11) is 0. The third-order valence-corrected chi connectivity index (χ3v) is 2.51. The number of anilines is 2. The molecule has 0 saturated heterocycles. The van der Waals surface area contributed by atoms with Gasteiger partial charge in [-0.15, -0.1) is 0 Å². The van der Waals surface area contributed by atoms with Crippen LogP contribution in [-0.2, 0) is 0 Å². The molecule has 0 bridgehead atoms. The van der Waals surface area contributed by atoms with E-state index in [4.69, 9.17) is 16.6 Å². The number of hydrogen-bond donors (Lipinski definition) is 4. The van der Waals surface area contributed by atoms with Crippen LogP contribution in [0.3, 0.4) is 0 Å². The Morgan fingerprint density at radius 3 is 1.63 bits per heavy atom. The molecule has 0 fully saturated rings. The molecule has 96 valence electrons. The van der Waals surface area contributed by atoms with E-state index in [1.54, 1.807) is 4.90 Å². The summed E-state index contributed by atoms with van der Waals surface area (Å²) in [6.45, 7) is 0. The highest BCUT2D eigenvalue weighted by molar-refractivity contribution is 6.07. The lowest BCUT2D eigenvalue weighted by molar-refractivity contribution is 1.14. The second-order valence-electron chi connectivity index (χ2n) is 3.89. The normalized spacial score (nSPS) is 9.68. The Hall–Kier alpha value is -2.82. The Balaban J connectivity index is 2.40. The van der Waals surface area contributed by atoms with Crippen molar-refractivity contribution in [1.82, 2.24) is 5.32 Å². The number of benzene rings is 2.